The number of ether oxygens (including phenoxy) is 1. The Labute approximate surface area is 225 Å². The number of nitrogens with one attached hydrogen (secondary N) is 1. The standard InChI is InChI=1S/C27H24F4N6O3/c1-16(39-2)14-37-15-17(11-34-37)7-23-32-12-20(13-33-23)18-3-4-19(21(28)8-18)9-25(38)35-24-10-22(40-36-24)26(5-6-26)27(29,30)31/h3-4,8,10-13,15H,1,5-7,9,14H2,2H3,(H,35,36,38). The Balaban J connectivity index is 1.18. The Morgan fingerprint density at radius 2 is 1.93 bits per heavy atom. The second kappa shape index (κ2) is 10.5. The van der Waals surface area contributed by atoms with Crippen LogP contribution < -0.4 is 5.32 Å². The highest BCUT2D eigenvalue weighted by molar-refractivity contribution is 5.91. The minimum absolute atomic E-state index is 0.0951. The zero-order valence-corrected chi connectivity index (χ0v) is 21.3. The van der Waals surface area contributed by atoms with Crippen LogP contribution in [0.2, 0.25) is 0 Å². The van der Waals surface area contributed by atoms with E-state index < -0.39 is 23.3 Å². The molecule has 0 spiro atoms. The molecule has 1 saturated carbocycles. The maximum absolute atomic E-state index is 14.8. The highest BCUT2D eigenvalue weighted by Crippen LogP contribution is 2.59. The summed E-state index contributed by atoms with van der Waals surface area (Å²) in [6.07, 6.45) is 2.16. The van der Waals surface area contributed by atoms with E-state index in [9.17, 15) is 22.4 Å². The van der Waals surface area contributed by atoms with Crippen molar-refractivity contribution in [2.24, 2.45) is 0 Å². The second-order valence-electron chi connectivity index (χ2n) is 9.54. The van der Waals surface area contributed by atoms with Crippen molar-refractivity contribution in [3.05, 3.63) is 89.9 Å². The third kappa shape index (κ3) is 5.72. The molecule has 1 fully saturated rings. The first kappa shape index (κ1) is 27.0. The fraction of sp³-hybridized carbons (Fsp3) is 0.296. The molecule has 5 rings (SSSR count). The predicted octanol–water partition coefficient (Wildman–Crippen LogP) is 4.99. The molecule has 4 aromatic rings. The molecule has 1 N–H and O–H groups in total. The van der Waals surface area contributed by atoms with Crippen LogP contribution in [0.3, 0.4) is 0 Å². The minimum Gasteiger partial charge on any atom is -0.500 e. The number of alkyl halides is 3. The molecule has 3 aromatic heterocycles. The van der Waals surface area contributed by atoms with Gasteiger partial charge in [-0.25, -0.2) is 14.4 Å². The molecule has 1 aromatic carbocycles. The van der Waals surface area contributed by atoms with Gasteiger partial charge in [0, 0.05) is 36.6 Å². The summed E-state index contributed by atoms with van der Waals surface area (Å²) in [6, 6.07) is 5.41. The van der Waals surface area contributed by atoms with Crippen molar-refractivity contribution in [2.45, 2.75) is 43.8 Å². The van der Waals surface area contributed by atoms with E-state index in [0.717, 1.165) is 11.6 Å². The van der Waals surface area contributed by atoms with Crippen molar-refractivity contribution in [3.8, 4) is 11.1 Å². The van der Waals surface area contributed by atoms with Gasteiger partial charge in [-0.1, -0.05) is 23.9 Å². The van der Waals surface area contributed by atoms with E-state index >= 15 is 0 Å². The molecule has 1 aliphatic rings. The number of allylic oxidation sites excluding steroid dienone is 1. The van der Waals surface area contributed by atoms with Crippen LogP contribution in [-0.2, 0) is 34.3 Å². The quantitative estimate of drug-likeness (QED) is 0.217. The van der Waals surface area contributed by atoms with E-state index in [1.165, 1.54) is 12.1 Å². The van der Waals surface area contributed by atoms with Crippen LogP contribution in [0.5, 0.6) is 0 Å². The number of amides is 1. The monoisotopic (exact) mass is 556 g/mol. The number of aromatic nitrogens is 5. The number of rotatable bonds is 10. The summed E-state index contributed by atoms with van der Waals surface area (Å²) in [4.78, 5) is 21.1. The van der Waals surface area contributed by atoms with Crippen LogP contribution in [-0.4, -0.2) is 44.1 Å². The third-order valence-corrected chi connectivity index (χ3v) is 6.66. The van der Waals surface area contributed by atoms with Crippen molar-refractivity contribution >= 4 is 11.7 Å². The molecule has 40 heavy (non-hydrogen) atoms. The lowest BCUT2D eigenvalue weighted by atomic mass is 10.0. The Morgan fingerprint density at radius 1 is 1.18 bits per heavy atom. The maximum atomic E-state index is 14.8. The van der Waals surface area contributed by atoms with E-state index in [1.807, 2.05) is 6.20 Å². The number of benzene rings is 1. The van der Waals surface area contributed by atoms with Gasteiger partial charge in [0.25, 0.3) is 0 Å². The van der Waals surface area contributed by atoms with E-state index in [1.54, 1.807) is 36.4 Å². The summed E-state index contributed by atoms with van der Waals surface area (Å²) in [5, 5.41) is 10.1. The number of methoxy groups -OCH3 is 1. The molecule has 0 saturated heterocycles. The molecule has 0 bridgehead atoms. The zero-order chi connectivity index (χ0) is 28.5. The largest absolute Gasteiger partial charge is 0.500 e. The summed E-state index contributed by atoms with van der Waals surface area (Å²) < 4.78 is 66.2. The number of carbonyl (C=O) groups excluding carboxylic acids is 1. The molecule has 9 nitrogen and oxygen atoms in total. The van der Waals surface area contributed by atoms with Crippen LogP contribution in [0.15, 0.2) is 65.9 Å². The van der Waals surface area contributed by atoms with Crippen molar-refractivity contribution in [1.82, 2.24) is 24.9 Å². The lowest BCUT2D eigenvalue weighted by molar-refractivity contribution is -0.165. The number of hydrogen-bond acceptors (Lipinski definition) is 7. The first-order chi connectivity index (χ1) is 19.1. The van der Waals surface area contributed by atoms with Crippen LogP contribution >= 0.6 is 0 Å². The minimum atomic E-state index is -4.46. The van der Waals surface area contributed by atoms with Gasteiger partial charge in [0.05, 0.1) is 26.3 Å². The highest BCUT2D eigenvalue weighted by Gasteiger charge is 2.66. The Bertz CT molecular complexity index is 1540. The molecule has 3 heterocycles. The normalized spacial score (nSPS) is 14.1. The van der Waals surface area contributed by atoms with Gasteiger partial charge in [-0.2, -0.15) is 18.3 Å². The fourth-order valence-corrected chi connectivity index (χ4v) is 4.19. The molecule has 208 valence electrons. The van der Waals surface area contributed by atoms with Gasteiger partial charge in [0.15, 0.2) is 11.6 Å². The van der Waals surface area contributed by atoms with Gasteiger partial charge in [-0.15, -0.1) is 0 Å². The number of anilines is 1. The van der Waals surface area contributed by atoms with Crippen LogP contribution in [0.4, 0.5) is 23.4 Å². The Kier molecular flexibility index (Phi) is 7.13. The van der Waals surface area contributed by atoms with E-state index in [4.69, 9.17) is 9.26 Å². The Hall–Kier alpha value is -4.55. The summed E-state index contributed by atoms with van der Waals surface area (Å²) in [5.74, 6) is -0.641. The molecule has 1 amide bonds. The van der Waals surface area contributed by atoms with Gasteiger partial charge < -0.3 is 14.6 Å². The lowest BCUT2D eigenvalue weighted by Gasteiger charge is -2.14. The summed E-state index contributed by atoms with van der Waals surface area (Å²) in [5.41, 5.74) is 0.0572. The predicted molar refractivity (Wildman–Crippen MR) is 134 cm³/mol. The highest BCUT2D eigenvalue weighted by atomic mass is 19.4. The number of hydrogen-bond donors (Lipinski definition) is 1. The van der Waals surface area contributed by atoms with Crippen molar-refractivity contribution < 1.29 is 31.6 Å². The van der Waals surface area contributed by atoms with Crippen molar-refractivity contribution in [1.29, 1.82) is 0 Å². The SMILES string of the molecule is C=C(Cn1cc(Cc2ncc(-c3ccc(CC(=O)Nc4cc(C5(C(F)(F)F)CC5)on4)c(F)c3)cn2)cn1)OC. The number of carbonyl (C=O) groups is 1. The first-order valence-corrected chi connectivity index (χ1v) is 12.2. The molecule has 0 atom stereocenters. The van der Waals surface area contributed by atoms with Gasteiger partial charge >= 0.3 is 6.18 Å². The van der Waals surface area contributed by atoms with Crippen molar-refractivity contribution in [2.75, 3.05) is 12.4 Å². The summed E-state index contributed by atoms with van der Waals surface area (Å²) in [6.45, 7) is 4.20. The van der Waals surface area contributed by atoms with Gasteiger partial charge in [0.1, 0.15) is 22.8 Å². The maximum Gasteiger partial charge on any atom is 0.401 e. The van der Waals surface area contributed by atoms with Crippen molar-refractivity contribution in [3.63, 3.8) is 0 Å². The molecule has 0 aliphatic heterocycles. The molecular formula is C27H24F4N6O3. The van der Waals surface area contributed by atoms with E-state index in [-0.39, 0.29) is 36.4 Å². The van der Waals surface area contributed by atoms with Crippen LogP contribution in [0.25, 0.3) is 11.1 Å². The molecular weight excluding hydrogens is 532 g/mol. The van der Waals surface area contributed by atoms with E-state index in [0.29, 0.717) is 35.7 Å². The summed E-state index contributed by atoms with van der Waals surface area (Å²) >= 11 is 0. The van der Waals surface area contributed by atoms with Gasteiger partial charge in [0.2, 0.25) is 5.91 Å². The lowest BCUT2D eigenvalue weighted by Crippen LogP contribution is -2.28. The topological polar surface area (TPSA) is 108 Å². The average molecular weight is 557 g/mol. The fourth-order valence-electron chi connectivity index (χ4n) is 4.19. The van der Waals surface area contributed by atoms with E-state index in [2.05, 4.69) is 32.1 Å². The third-order valence-electron chi connectivity index (χ3n) is 6.66. The molecule has 0 unspecified atom stereocenters. The molecule has 1 aliphatic carbocycles. The first-order valence-electron chi connectivity index (χ1n) is 12.2. The zero-order valence-electron chi connectivity index (χ0n) is 21.3. The second-order valence-corrected chi connectivity index (χ2v) is 9.54. The number of halogens is 4. The van der Waals surface area contributed by atoms with Gasteiger partial charge in [-0.3, -0.25) is 9.48 Å². The van der Waals surface area contributed by atoms with Crippen LogP contribution in [0.1, 0.15) is 35.6 Å². The number of nitrogens with zero attached hydrogens (tertiary/aromatic N) is 5. The van der Waals surface area contributed by atoms with Gasteiger partial charge in [-0.05, 0) is 35.6 Å². The van der Waals surface area contributed by atoms with Crippen LogP contribution in [0, 0.1) is 5.82 Å². The molecule has 0 radical (unpaired) electrons. The smallest absolute Gasteiger partial charge is 0.401 e. The molecule has 13 heteroatoms. The summed E-state index contributed by atoms with van der Waals surface area (Å²) in [7, 11) is 1.54. The Morgan fingerprint density at radius 3 is 2.58 bits per heavy atom. The average Bonchev–Trinajstić information content (AvgIpc) is 3.44.